The number of rotatable bonds is 5. The van der Waals surface area contributed by atoms with E-state index in [0.717, 1.165) is 25.6 Å². The zero-order valence-electron chi connectivity index (χ0n) is 11.1. The van der Waals surface area contributed by atoms with Crippen LogP contribution in [-0.4, -0.2) is 35.6 Å². The van der Waals surface area contributed by atoms with Gasteiger partial charge in [0, 0.05) is 12.1 Å². The third-order valence-electron chi connectivity index (χ3n) is 3.63. The highest BCUT2D eigenvalue weighted by Crippen LogP contribution is 2.21. The highest BCUT2D eigenvalue weighted by Gasteiger charge is 2.15. The molecule has 3 nitrogen and oxygen atoms in total. The van der Waals surface area contributed by atoms with Gasteiger partial charge in [0.25, 0.3) is 0 Å². The van der Waals surface area contributed by atoms with Gasteiger partial charge < -0.3 is 5.11 Å². The van der Waals surface area contributed by atoms with Crippen molar-refractivity contribution in [2.24, 2.45) is 5.92 Å². The van der Waals surface area contributed by atoms with E-state index in [9.17, 15) is 4.79 Å². The molecule has 0 spiro atoms. The smallest absolute Gasteiger partial charge is 0.330 e. The molecule has 3 heteroatoms. The molecule has 1 rings (SSSR count). The summed E-state index contributed by atoms with van der Waals surface area (Å²) in [6.07, 6.45) is 8.33. The molecule has 98 valence electrons. The van der Waals surface area contributed by atoms with Gasteiger partial charge in [0.1, 0.15) is 0 Å². The van der Waals surface area contributed by atoms with Crippen LogP contribution in [0.4, 0.5) is 0 Å². The van der Waals surface area contributed by atoms with Gasteiger partial charge in [-0.15, -0.1) is 0 Å². The minimum Gasteiger partial charge on any atom is -0.478 e. The molecule has 1 N–H and O–H groups in total. The van der Waals surface area contributed by atoms with E-state index in [1.807, 2.05) is 6.08 Å². The van der Waals surface area contributed by atoms with Gasteiger partial charge in [-0.1, -0.05) is 25.8 Å². The van der Waals surface area contributed by atoms with Crippen molar-refractivity contribution in [1.82, 2.24) is 4.90 Å². The number of nitrogens with zero attached hydrogens (tertiary/aromatic N) is 1. The largest absolute Gasteiger partial charge is 0.478 e. The third-order valence-corrected chi connectivity index (χ3v) is 3.63. The van der Waals surface area contributed by atoms with Crippen LogP contribution >= 0.6 is 0 Å². The second-order valence-corrected chi connectivity index (χ2v) is 5.08. The van der Waals surface area contributed by atoms with E-state index in [0.29, 0.717) is 5.57 Å². The van der Waals surface area contributed by atoms with Gasteiger partial charge in [0.2, 0.25) is 0 Å². The van der Waals surface area contributed by atoms with Crippen LogP contribution in [0, 0.1) is 5.92 Å². The van der Waals surface area contributed by atoms with Crippen LogP contribution in [0.15, 0.2) is 11.6 Å². The number of carbonyl (C=O) groups is 1. The van der Waals surface area contributed by atoms with Gasteiger partial charge in [0.05, 0.1) is 0 Å². The van der Waals surface area contributed by atoms with Crippen LogP contribution in [0.2, 0.25) is 0 Å². The topological polar surface area (TPSA) is 40.5 Å². The molecular formula is C14H25NO2. The summed E-state index contributed by atoms with van der Waals surface area (Å²) in [6.45, 7) is 6.94. The van der Waals surface area contributed by atoms with Gasteiger partial charge in [0.15, 0.2) is 0 Å². The second-order valence-electron chi connectivity index (χ2n) is 5.08. The van der Waals surface area contributed by atoms with Crippen LogP contribution in [0.3, 0.4) is 0 Å². The van der Waals surface area contributed by atoms with Gasteiger partial charge in [-0.25, -0.2) is 4.79 Å². The monoisotopic (exact) mass is 239 g/mol. The number of hydrogen-bond acceptors (Lipinski definition) is 2. The zero-order chi connectivity index (χ0) is 12.7. The lowest BCUT2D eigenvalue weighted by molar-refractivity contribution is -0.132. The van der Waals surface area contributed by atoms with Gasteiger partial charge in [-0.05, 0) is 45.2 Å². The Bertz CT molecular complexity index is 273. The lowest BCUT2D eigenvalue weighted by Crippen LogP contribution is -2.25. The van der Waals surface area contributed by atoms with Crippen molar-refractivity contribution >= 4 is 5.97 Å². The Balaban J connectivity index is 2.36. The average Bonchev–Trinajstić information content (AvgIpc) is 2.52. The molecule has 0 aromatic rings. The number of likely N-dealkylation sites (tertiary alicyclic amines) is 1. The highest BCUT2D eigenvalue weighted by molar-refractivity contribution is 5.85. The Morgan fingerprint density at radius 3 is 2.82 bits per heavy atom. The van der Waals surface area contributed by atoms with Gasteiger partial charge in [-0.2, -0.15) is 0 Å². The zero-order valence-corrected chi connectivity index (χ0v) is 11.1. The normalized spacial score (nSPS) is 23.4. The van der Waals surface area contributed by atoms with Crippen molar-refractivity contribution in [3.05, 3.63) is 11.6 Å². The first-order chi connectivity index (χ1) is 8.13. The number of aliphatic carboxylic acids is 1. The van der Waals surface area contributed by atoms with Crippen molar-refractivity contribution in [2.75, 3.05) is 19.6 Å². The molecule has 1 unspecified atom stereocenters. The van der Waals surface area contributed by atoms with Crippen molar-refractivity contribution in [1.29, 1.82) is 0 Å². The molecule has 0 bridgehead atoms. The quantitative estimate of drug-likeness (QED) is 0.750. The molecule has 0 saturated carbocycles. The highest BCUT2D eigenvalue weighted by atomic mass is 16.4. The second kappa shape index (κ2) is 7.49. The lowest BCUT2D eigenvalue weighted by atomic mass is 9.96. The maximum atomic E-state index is 10.7. The molecule has 1 atom stereocenters. The molecule has 17 heavy (non-hydrogen) atoms. The van der Waals surface area contributed by atoms with Crippen LogP contribution in [0.5, 0.6) is 0 Å². The predicted octanol–water partition coefficient (Wildman–Crippen LogP) is 2.92. The maximum Gasteiger partial charge on any atom is 0.330 e. The maximum absolute atomic E-state index is 10.7. The number of carboxylic acids is 1. The number of carboxylic acid groups (broad SMARTS) is 1. The molecule has 0 amide bonds. The van der Waals surface area contributed by atoms with E-state index in [2.05, 4.69) is 11.8 Å². The van der Waals surface area contributed by atoms with E-state index in [4.69, 9.17) is 5.11 Å². The summed E-state index contributed by atoms with van der Waals surface area (Å²) in [5.41, 5.74) is 0.458. The minimum absolute atomic E-state index is 0.458. The molecule has 0 aromatic carbocycles. The Labute approximate surface area is 105 Å². The van der Waals surface area contributed by atoms with Crippen molar-refractivity contribution in [3.63, 3.8) is 0 Å². The molecule has 1 saturated heterocycles. The Morgan fingerprint density at radius 2 is 2.18 bits per heavy atom. The molecule has 1 aliphatic rings. The molecule has 1 heterocycles. The van der Waals surface area contributed by atoms with Crippen LogP contribution in [-0.2, 0) is 4.79 Å². The molecule has 1 aliphatic heterocycles. The van der Waals surface area contributed by atoms with Gasteiger partial charge >= 0.3 is 5.97 Å². The third kappa shape index (κ3) is 5.35. The Morgan fingerprint density at radius 1 is 1.41 bits per heavy atom. The summed E-state index contributed by atoms with van der Waals surface area (Å²) in [5.74, 6) is 0.0817. The fourth-order valence-electron chi connectivity index (χ4n) is 2.46. The molecular weight excluding hydrogens is 214 g/mol. The van der Waals surface area contributed by atoms with Crippen LogP contribution in [0.1, 0.15) is 46.0 Å². The SMILES string of the molecule is CCCC1CCCN(CC=C(C)C(=O)O)CC1. The first kappa shape index (κ1) is 14.2. The minimum atomic E-state index is -0.802. The Kier molecular flexibility index (Phi) is 6.27. The molecule has 0 aliphatic carbocycles. The molecule has 0 aromatic heterocycles. The standard InChI is InChI=1S/C14H25NO2/c1-3-5-13-6-4-9-15(11-8-13)10-7-12(2)14(16)17/h7,13H,3-6,8-11H2,1-2H3,(H,16,17). The van der Waals surface area contributed by atoms with E-state index in [-0.39, 0.29) is 0 Å². The van der Waals surface area contributed by atoms with Gasteiger partial charge in [-0.3, -0.25) is 4.90 Å². The van der Waals surface area contributed by atoms with E-state index < -0.39 is 5.97 Å². The van der Waals surface area contributed by atoms with E-state index >= 15 is 0 Å². The molecule has 0 radical (unpaired) electrons. The summed E-state index contributed by atoms with van der Waals surface area (Å²) < 4.78 is 0. The summed E-state index contributed by atoms with van der Waals surface area (Å²) in [6, 6.07) is 0. The summed E-state index contributed by atoms with van der Waals surface area (Å²) in [5, 5.41) is 8.79. The Hall–Kier alpha value is -0.830. The van der Waals surface area contributed by atoms with E-state index in [1.54, 1.807) is 6.92 Å². The summed E-state index contributed by atoms with van der Waals surface area (Å²) in [7, 11) is 0. The first-order valence-corrected chi connectivity index (χ1v) is 6.76. The van der Waals surface area contributed by atoms with Crippen molar-refractivity contribution in [2.45, 2.75) is 46.0 Å². The van der Waals surface area contributed by atoms with E-state index in [1.165, 1.54) is 32.1 Å². The van der Waals surface area contributed by atoms with Crippen molar-refractivity contribution in [3.8, 4) is 0 Å². The van der Waals surface area contributed by atoms with Crippen LogP contribution < -0.4 is 0 Å². The lowest BCUT2D eigenvalue weighted by Gasteiger charge is -2.18. The number of hydrogen-bond donors (Lipinski definition) is 1. The summed E-state index contributed by atoms with van der Waals surface area (Å²) in [4.78, 5) is 13.1. The van der Waals surface area contributed by atoms with Crippen LogP contribution in [0.25, 0.3) is 0 Å². The average molecular weight is 239 g/mol. The summed E-state index contributed by atoms with van der Waals surface area (Å²) >= 11 is 0. The fourth-order valence-corrected chi connectivity index (χ4v) is 2.46. The molecule has 1 fully saturated rings. The van der Waals surface area contributed by atoms with Crippen molar-refractivity contribution < 1.29 is 9.90 Å². The first-order valence-electron chi connectivity index (χ1n) is 6.76. The fraction of sp³-hybridized carbons (Fsp3) is 0.786. The predicted molar refractivity (Wildman–Crippen MR) is 70.1 cm³/mol.